The van der Waals surface area contributed by atoms with Crippen molar-refractivity contribution in [3.05, 3.63) is 0 Å². The zero-order valence-electron chi connectivity index (χ0n) is 7.09. The molecule has 0 unspecified atom stereocenters. The van der Waals surface area contributed by atoms with Gasteiger partial charge in [0.25, 0.3) is 0 Å². The summed E-state index contributed by atoms with van der Waals surface area (Å²) in [4.78, 5) is 10.8. The first kappa shape index (κ1) is 10.8. The van der Waals surface area contributed by atoms with E-state index in [1.807, 2.05) is 20.8 Å². The summed E-state index contributed by atoms with van der Waals surface area (Å²) in [6, 6.07) is 0. The Labute approximate surface area is 71.1 Å². The van der Waals surface area contributed by atoms with Gasteiger partial charge in [-0.25, -0.2) is 4.79 Å². The van der Waals surface area contributed by atoms with Crippen LogP contribution < -0.4 is 0 Å². The Morgan fingerprint density at radius 3 is 2.45 bits per heavy atom. The van der Waals surface area contributed by atoms with Gasteiger partial charge in [0, 0.05) is 5.75 Å². The first-order valence-corrected chi connectivity index (χ1v) is 4.41. The fraction of sp³-hybridized carbons (Fsp3) is 0.857. The van der Waals surface area contributed by atoms with E-state index in [1.54, 1.807) is 0 Å². The van der Waals surface area contributed by atoms with Crippen molar-refractivity contribution in [1.82, 2.24) is 0 Å². The van der Waals surface area contributed by atoms with Crippen LogP contribution in [-0.4, -0.2) is 28.4 Å². The van der Waals surface area contributed by atoms with Crippen LogP contribution in [0.2, 0.25) is 0 Å². The van der Waals surface area contributed by atoms with Crippen LogP contribution >= 0.6 is 11.8 Å². The maximum atomic E-state index is 10.8. The second kappa shape index (κ2) is 4.62. The Balaban J connectivity index is 3.53. The molecule has 0 aromatic rings. The highest BCUT2D eigenvalue weighted by atomic mass is 32.2. The average Bonchev–Trinajstić information content (AvgIpc) is 1.79. The summed E-state index contributed by atoms with van der Waals surface area (Å²) < 4.78 is 4.95. The van der Waals surface area contributed by atoms with Gasteiger partial charge in [0.15, 0.2) is 0 Å². The zero-order valence-corrected chi connectivity index (χ0v) is 7.90. The molecule has 0 amide bonds. The van der Waals surface area contributed by atoms with Crippen LogP contribution in [0.4, 0.5) is 4.79 Å². The molecule has 0 radical (unpaired) electrons. The van der Waals surface area contributed by atoms with Crippen molar-refractivity contribution in [3.8, 4) is 0 Å². The first-order valence-electron chi connectivity index (χ1n) is 3.42. The minimum absolute atomic E-state index is 0.00388. The number of aliphatic hydroxyl groups is 1. The van der Waals surface area contributed by atoms with Crippen molar-refractivity contribution in [2.45, 2.75) is 26.4 Å². The lowest BCUT2D eigenvalue weighted by Crippen LogP contribution is -2.21. The number of aliphatic hydroxyl groups excluding tert-OH is 1. The van der Waals surface area contributed by atoms with E-state index in [0.717, 1.165) is 11.8 Å². The molecular formula is C7H14O3S. The SMILES string of the molecule is CC(C)(C)OC(=O)SCCO. The van der Waals surface area contributed by atoms with Crippen LogP contribution in [0.5, 0.6) is 0 Å². The number of hydrogen-bond acceptors (Lipinski definition) is 4. The van der Waals surface area contributed by atoms with Crippen LogP contribution in [0.1, 0.15) is 20.8 Å². The van der Waals surface area contributed by atoms with Gasteiger partial charge in [0.2, 0.25) is 0 Å². The van der Waals surface area contributed by atoms with E-state index in [4.69, 9.17) is 9.84 Å². The molecule has 1 N–H and O–H groups in total. The molecule has 0 saturated heterocycles. The standard InChI is InChI=1S/C7H14O3S/c1-7(2,3)10-6(9)11-5-4-8/h8H,4-5H2,1-3H3. The van der Waals surface area contributed by atoms with Crippen molar-refractivity contribution in [1.29, 1.82) is 0 Å². The van der Waals surface area contributed by atoms with Crippen LogP contribution in [0, 0.1) is 0 Å². The van der Waals surface area contributed by atoms with E-state index in [2.05, 4.69) is 0 Å². The molecule has 0 aliphatic rings. The summed E-state index contributed by atoms with van der Waals surface area (Å²) in [6.07, 6.45) is 0. The highest BCUT2D eigenvalue weighted by Crippen LogP contribution is 2.13. The van der Waals surface area contributed by atoms with Gasteiger partial charge in [-0.15, -0.1) is 0 Å². The maximum absolute atomic E-state index is 10.8. The molecule has 11 heavy (non-hydrogen) atoms. The molecule has 0 aliphatic carbocycles. The molecule has 0 saturated carbocycles. The van der Waals surface area contributed by atoms with E-state index in [0.29, 0.717) is 5.75 Å². The molecule has 0 aromatic heterocycles. The Bertz CT molecular complexity index is 128. The third-order valence-electron chi connectivity index (χ3n) is 0.701. The fourth-order valence-electron chi connectivity index (χ4n) is 0.408. The third kappa shape index (κ3) is 7.68. The molecule has 0 bridgehead atoms. The third-order valence-corrected chi connectivity index (χ3v) is 1.41. The minimum Gasteiger partial charge on any atom is -0.452 e. The van der Waals surface area contributed by atoms with Gasteiger partial charge in [-0.1, -0.05) is 0 Å². The van der Waals surface area contributed by atoms with Crippen molar-refractivity contribution in [2.24, 2.45) is 0 Å². The van der Waals surface area contributed by atoms with Gasteiger partial charge >= 0.3 is 5.30 Å². The molecule has 0 atom stereocenters. The Kier molecular flexibility index (Phi) is 4.52. The second-order valence-corrected chi connectivity index (χ2v) is 4.07. The molecule has 66 valence electrons. The lowest BCUT2D eigenvalue weighted by Gasteiger charge is -2.18. The number of carbonyl (C=O) groups is 1. The van der Waals surface area contributed by atoms with Gasteiger partial charge in [-0.2, -0.15) is 0 Å². The van der Waals surface area contributed by atoms with Crippen LogP contribution in [-0.2, 0) is 4.74 Å². The molecule has 0 heterocycles. The van der Waals surface area contributed by atoms with Crippen LogP contribution in [0.3, 0.4) is 0 Å². The quantitative estimate of drug-likeness (QED) is 0.653. The van der Waals surface area contributed by atoms with Crippen LogP contribution in [0.25, 0.3) is 0 Å². The summed E-state index contributed by atoms with van der Waals surface area (Å²) >= 11 is 0.992. The lowest BCUT2D eigenvalue weighted by atomic mass is 10.2. The average molecular weight is 178 g/mol. The van der Waals surface area contributed by atoms with Crippen molar-refractivity contribution in [3.63, 3.8) is 0 Å². The number of thioether (sulfide) groups is 1. The largest absolute Gasteiger partial charge is 0.452 e. The number of rotatable bonds is 2. The van der Waals surface area contributed by atoms with E-state index >= 15 is 0 Å². The van der Waals surface area contributed by atoms with Gasteiger partial charge < -0.3 is 9.84 Å². The second-order valence-electron chi connectivity index (χ2n) is 3.04. The van der Waals surface area contributed by atoms with Crippen LogP contribution in [0.15, 0.2) is 0 Å². The molecule has 0 fully saturated rings. The lowest BCUT2D eigenvalue weighted by molar-refractivity contribution is 0.0737. The Morgan fingerprint density at radius 2 is 2.09 bits per heavy atom. The molecule has 3 nitrogen and oxygen atoms in total. The smallest absolute Gasteiger partial charge is 0.367 e. The number of carbonyl (C=O) groups excluding carboxylic acids is 1. The summed E-state index contributed by atoms with van der Waals surface area (Å²) in [6.45, 7) is 5.43. The molecule has 0 aromatic carbocycles. The van der Waals surface area contributed by atoms with Gasteiger partial charge in [-0.3, -0.25) is 0 Å². The molecule has 0 aliphatic heterocycles. The highest BCUT2D eigenvalue weighted by molar-refractivity contribution is 8.13. The topological polar surface area (TPSA) is 46.5 Å². The van der Waals surface area contributed by atoms with Gasteiger partial charge in [-0.05, 0) is 32.5 Å². The summed E-state index contributed by atoms with van der Waals surface area (Å²) in [5, 5.41) is 8.06. The number of ether oxygens (including phenoxy) is 1. The Morgan fingerprint density at radius 1 is 1.55 bits per heavy atom. The number of hydrogen-bond donors (Lipinski definition) is 1. The molecular weight excluding hydrogens is 164 g/mol. The van der Waals surface area contributed by atoms with Gasteiger partial charge in [0.1, 0.15) is 5.60 Å². The minimum atomic E-state index is -0.431. The first-order chi connectivity index (χ1) is 4.95. The highest BCUT2D eigenvalue weighted by Gasteiger charge is 2.15. The van der Waals surface area contributed by atoms with Crippen molar-refractivity contribution < 1.29 is 14.6 Å². The van der Waals surface area contributed by atoms with E-state index in [1.165, 1.54) is 0 Å². The fourth-order valence-corrected chi connectivity index (χ4v) is 0.975. The Hall–Kier alpha value is -0.220. The predicted molar refractivity (Wildman–Crippen MR) is 45.8 cm³/mol. The zero-order chi connectivity index (χ0) is 8.91. The van der Waals surface area contributed by atoms with Crippen molar-refractivity contribution in [2.75, 3.05) is 12.4 Å². The van der Waals surface area contributed by atoms with E-state index < -0.39 is 5.60 Å². The summed E-state index contributed by atoms with van der Waals surface area (Å²) in [7, 11) is 0. The van der Waals surface area contributed by atoms with E-state index in [-0.39, 0.29) is 11.9 Å². The van der Waals surface area contributed by atoms with Gasteiger partial charge in [0.05, 0.1) is 6.61 Å². The summed E-state index contributed by atoms with van der Waals surface area (Å²) in [5.41, 5.74) is -0.431. The summed E-state index contributed by atoms with van der Waals surface area (Å²) in [5.74, 6) is 0.398. The predicted octanol–water partition coefficient (Wildman–Crippen LogP) is 1.65. The maximum Gasteiger partial charge on any atom is 0.367 e. The molecule has 0 spiro atoms. The molecule has 4 heteroatoms. The monoisotopic (exact) mass is 178 g/mol. The normalized spacial score (nSPS) is 11.3. The molecule has 0 rings (SSSR count). The van der Waals surface area contributed by atoms with E-state index in [9.17, 15) is 4.79 Å². The van der Waals surface area contributed by atoms with Crippen molar-refractivity contribution >= 4 is 17.1 Å².